The van der Waals surface area contributed by atoms with Crippen LogP contribution in [0.4, 0.5) is 0 Å². The molecule has 0 spiro atoms. The SMILES string of the molecule is C[C@@H]([NH2+]C1CCCCCCC1)c1nc2ccccc2c(=O)[nH]1. The van der Waals surface area contributed by atoms with E-state index in [1.807, 2.05) is 24.3 Å². The van der Waals surface area contributed by atoms with Crippen molar-refractivity contribution in [1.82, 2.24) is 9.97 Å². The fourth-order valence-electron chi connectivity index (χ4n) is 3.50. The molecule has 0 aliphatic heterocycles. The van der Waals surface area contributed by atoms with Crippen molar-refractivity contribution in [3.8, 4) is 0 Å². The highest BCUT2D eigenvalue weighted by Crippen LogP contribution is 2.16. The maximum Gasteiger partial charge on any atom is 0.258 e. The number of benzene rings is 1. The Hall–Kier alpha value is -1.68. The third kappa shape index (κ3) is 3.55. The molecular formula is C18H26N3O+. The molecule has 1 aliphatic rings. The average molecular weight is 300 g/mol. The maximum absolute atomic E-state index is 12.2. The van der Waals surface area contributed by atoms with Crippen LogP contribution in [0.2, 0.25) is 0 Å². The van der Waals surface area contributed by atoms with Gasteiger partial charge in [0.25, 0.3) is 5.56 Å². The van der Waals surface area contributed by atoms with E-state index < -0.39 is 0 Å². The largest absolute Gasteiger partial charge is 0.335 e. The molecule has 0 unspecified atom stereocenters. The van der Waals surface area contributed by atoms with Gasteiger partial charge >= 0.3 is 0 Å². The molecule has 1 saturated carbocycles. The molecule has 1 aromatic carbocycles. The highest BCUT2D eigenvalue weighted by molar-refractivity contribution is 5.77. The Balaban J connectivity index is 1.76. The third-order valence-corrected chi connectivity index (χ3v) is 4.77. The molecule has 0 radical (unpaired) electrons. The number of hydrogen-bond acceptors (Lipinski definition) is 2. The lowest BCUT2D eigenvalue weighted by Crippen LogP contribution is -2.90. The second-order valence-electron chi connectivity index (χ2n) is 6.55. The van der Waals surface area contributed by atoms with E-state index in [2.05, 4.69) is 22.2 Å². The molecule has 3 N–H and O–H groups in total. The molecule has 0 bridgehead atoms. The number of rotatable bonds is 3. The number of aromatic amines is 1. The summed E-state index contributed by atoms with van der Waals surface area (Å²) in [5.74, 6) is 0.797. The number of nitrogens with one attached hydrogen (secondary N) is 1. The zero-order valence-electron chi connectivity index (χ0n) is 13.3. The Morgan fingerprint density at radius 1 is 1.14 bits per heavy atom. The van der Waals surface area contributed by atoms with Crippen molar-refractivity contribution in [1.29, 1.82) is 0 Å². The quantitative estimate of drug-likeness (QED) is 0.915. The lowest BCUT2D eigenvalue weighted by molar-refractivity contribution is -0.727. The first-order valence-corrected chi connectivity index (χ1v) is 8.58. The van der Waals surface area contributed by atoms with Crippen LogP contribution in [0.5, 0.6) is 0 Å². The van der Waals surface area contributed by atoms with Crippen molar-refractivity contribution in [2.45, 2.75) is 64.0 Å². The number of nitrogens with zero attached hydrogens (tertiary/aromatic N) is 1. The van der Waals surface area contributed by atoms with E-state index in [-0.39, 0.29) is 11.6 Å². The first-order chi connectivity index (χ1) is 10.7. The molecule has 2 aromatic rings. The van der Waals surface area contributed by atoms with Gasteiger partial charge in [0.1, 0.15) is 6.04 Å². The minimum Gasteiger partial charge on any atom is -0.335 e. The normalized spacial score (nSPS) is 18.8. The number of quaternary nitrogens is 1. The van der Waals surface area contributed by atoms with Gasteiger partial charge in [-0.2, -0.15) is 0 Å². The van der Waals surface area contributed by atoms with Gasteiger partial charge in [-0.05, 0) is 44.7 Å². The summed E-state index contributed by atoms with van der Waals surface area (Å²) >= 11 is 0. The van der Waals surface area contributed by atoms with Gasteiger partial charge in [-0.3, -0.25) is 4.79 Å². The van der Waals surface area contributed by atoms with Gasteiger partial charge < -0.3 is 10.3 Å². The van der Waals surface area contributed by atoms with Gasteiger partial charge in [0, 0.05) is 0 Å². The second-order valence-corrected chi connectivity index (χ2v) is 6.55. The van der Waals surface area contributed by atoms with E-state index in [1.165, 1.54) is 44.9 Å². The van der Waals surface area contributed by atoms with E-state index in [4.69, 9.17) is 0 Å². The summed E-state index contributed by atoms with van der Waals surface area (Å²) in [5, 5.41) is 3.07. The van der Waals surface area contributed by atoms with Crippen LogP contribution in [-0.4, -0.2) is 16.0 Å². The Bertz CT molecular complexity index is 671. The van der Waals surface area contributed by atoms with Crippen LogP contribution in [-0.2, 0) is 0 Å². The first kappa shape index (κ1) is 15.2. The molecule has 1 aliphatic carbocycles. The van der Waals surface area contributed by atoms with Crippen LogP contribution >= 0.6 is 0 Å². The maximum atomic E-state index is 12.2. The fraction of sp³-hybridized carbons (Fsp3) is 0.556. The van der Waals surface area contributed by atoms with E-state index in [1.54, 1.807) is 0 Å². The molecule has 4 nitrogen and oxygen atoms in total. The molecule has 1 atom stereocenters. The molecule has 0 amide bonds. The van der Waals surface area contributed by atoms with E-state index in [0.717, 1.165) is 11.3 Å². The van der Waals surface area contributed by atoms with Crippen molar-refractivity contribution >= 4 is 10.9 Å². The molecule has 118 valence electrons. The van der Waals surface area contributed by atoms with Gasteiger partial charge in [0.15, 0.2) is 5.82 Å². The summed E-state index contributed by atoms with van der Waals surface area (Å²) in [6.45, 7) is 2.14. The van der Waals surface area contributed by atoms with E-state index in [9.17, 15) is 4.79 Å². The van der Waals surface area contributed by atoms with Gasteiger partial charge in [0.05, 0.1) is 16.9 Å². The van der Waals surface area contributed by atoms with Gasteiger partial charge in [-0.15, -0.1) is 0 Å². The minimum atomic E-state index is -0.0292. The van der Waals surface area contributed by atoms with Crippen molar-refractivity contribution in [3.05, 3.63) is 40.4 Å². The third-order valence-electron chi connectivity index (χ3n) is 4.77. The highest BCUT2D eigenvalue weighted by Gasteiger charge is 2.20. The smallest absolute Gasteiger partial charge is 0.258 e. The van der Waals surface area contributed by atoms with Crippen LogP contribution in [0.25, 0.3) is 10.9 Å². The van der Waals surface area contributed by atoms with Crippen molar-refractivity contribution < 1.29 is 5.32 Å². The standard InChI is InChI=1S/C18H25N3O/c1-13(19-14-9-5-3-2-4-6-10-14)17-20-16-12-8-7-11-15(16)18(22)21-17/h7-8,11-14,19H,2-6,9-10H2,1H3,(H,20,21,22)/p+1/t13-/m1/s1. The lowest BCUT2D eigenvalue weighted by atomic mass is 9.96. The molecule has 22 heavy (non-hydrogen) atoms. The molecule has 1 heterocycles. The number of H-pyrrole nitrogens is 1. The van der Waals surface area contributed by atoms with Crippen LogP contribution in [0.3, 0.4) is 0 Å². The number of para-hydroxylation sites is 1. The monoisotopic (exact) mass is 300 g/mol. The molecule has 0 saturated heterocycles. The van der Waals surface area contributed by atoms with Crippen LogP contribution in [0.1, 0.15) is 63.7 Å². The summed E-state index contributed by atoms with van der Waals surface area (Å²) in [6, 6.07) is 8.41. The number of aromatic nitrogens is 2. The van der Waals surface area contributed by atoms with Gasteiger partial charge in [-0.25, -0.2) is 4.98 Å². The summed E-state index contributed by atoms with van der Waals surface area (Å²) < 4.78 is 0. The lowest BCUT2D eigenvalue weighted by Gasteiger charge is -2.21. The van der Waals surface area contributed by atoms with Crippen LogP contribution < -0.4 is 10.9 Å². The molecule has 3 rings (SSSR count). The molecule has 1 aromatic heterocycles. The molecule has 1 fully saturated rings. The predicted molar refractivity (Wildman–Crippen MR) is 88.8 cm³/mol. The summed E-state index contributed by atoms with van der Waals surface area (Å²) in [5.41, 5.74) is 0.762. The van der Waals surface area contributed by atoms with Gasteiger partial charge in [-0.1, -0.05) is 31.4 Å². The Morgan fingerprint density at radius 3 is 2.59 bits per heavy atom. The van der Waals surface area contributed by atoms with E-state index in [0.29, 0.717) is 11.4 Å². The summed E-state index contributed by atoms with van der Waals surface area (Å²) in [4.78, 5) is 19.8. The Morgan fingerprint density at radius 2 is 1.82 bits per heavy atom. The topological polar surface area (TPSA) is 62.4 Å². The van der Waals surface area contributed by atoms with Crippen molar-refractivity contribution in [2.24, 2.45) is 0 Å². The second kappa shape index (κ2) is 7.05. The predicted octanol–water partition coefficient (Wildman–Crippen LogP) is 2.66. The summed E-state index contributed by atoms with van der Waals surface area (Å²) in [7, 11) is 0. The van der Waals surface area contributed by atoms with Crippen LogP contribution in [0.15, 0.2) is 29.1 Å². The van der Waals surface area contributed by atoms with Crippen molar-refractivity contribution in [2.75, 3.05) is 0 Å². The number of nitrogens with two attached hydrogens (primary N) is 1. The zero-order valence-corrected chi connectivity index (χ0v) is 13.3. The average Bonchev–Trinajstić information content (AvgIpc) is 2.49. The van der Waals surface area contributed by atoms with Crippen molar-refractivity contribution in [3.63, 3.8) is 0 Å². The molecule has 4 heteroatoms. The summed E-state index contributed by atoms with van der Waals surface area (Å²) in [6.07, 6.45) is 9.34. The number of hydrogen-bond donors (Lipinski definition) is 2. The molecular weight excluding hydrogens is 274 g/mol. The van der Waals surface area contributed by atoms with Gasteiger partial charge in [0.2, 0.25) is 0 Å². The van der Waals surface area contributed by atoms with E-state index >= 15 is 0 Å². The highest BCUT2D eigenvalue weighted by atomic mass is 16.1. The van der Waals surface area contributed by atoms with Crippen LogP contribution in [0, 0.1) is 0 Å². The Labute approximate surface area is 131 Å². The fourth-order valence-corrected chi connectivity index (χ4v) is 3.50. The number of fused-ring (bicyclic) bond motifs is 1. The first-order valence-electron chi connectivity index (χ1n) is 8.58. The minimum absolute atomic E-state index is 0.0292. The zero-order chi connectivity index (χ0) is 15.4. The Kier molecular flexibility index (Phi) is 4.88.